The van der Waals surface area contributed by atoms with Crippen molar-refractivity contribution in [2.45, 2.75) is 32.8 Å². The van der Waals surface area contributed by atoms with Gasteiger partial charge in [-0.1, -0.05) is 6.92 Å². The van der Waals surface area contributed by atoms with E-state index in [1.165, 1.54) is 0 Å². The molecule has 5 nitrogen and oxygen atoms in total. The van der Waals surface area contributed by atoms with E-state index in [0.29, 0.717) is 13.1 Å². The normalized spacial score (nSPS) is 14.6. The zero-order chi connectivity index (χ0) is 13.8. The molecule has 1 aromatic rings. The maximum atomic E-state index is 10.2. The number of rotatable bonds is 6. The highest BCUT2D eigenvalue weighted by atomic mass is 16.3. The molecule has 1 unspecified atom stereocenters. The number of hydrogen-bond donors (Lipinski definition) is 2. The summed E-state index contributed by atoms with van der Waals surface area (Å²) >= 11 is 0. The third-order valence-corrected chi connectivity index (χ3v) is 2.56. The van der Waals surface area contributed by atoms with E-state index in [1.54, 1.807) is 0 Å². The molecule has 0 radical (unpaired) electrons. The van der Waals surface area contributed by atoms with Crippen molar-refractivity contribution in [2.75, 3.05) is 32.5 Å². The molecule has 0 fully saturated rings. The Labute approximate surface area is 109 Å². The van der Waals surface area contributed by atoms with Crippen LogP contribution in [0.15, 0.2) is 6.07 Å². The number of nitrogens with one attached hydrogen (secondary N) is 1. The molecule has 1 rings (SSSR count). The lowest BCUT2D eigenvalue weighted by Gasteiger charge is -2.27. The van der Waals surface area contributed by atoms with Crippen molar-refractivity contribution in [3.05, 3.63) is 17.6 Å². The molecule has 18 heavy (non-hydrogen) atoms. The summed E-state index contributed by atoms with van der Waals surface area (Å²) in [6.07, 6.45) is 0.881. The van der Waals surface area contributed by atoms with Crippen molar-refractivity contribution in [2.24, 2.45) is 0 Å². The van der Waals surface area contributed by atoms with Gasteiger partial charge in [-0.15, -0.1) is 0 Å². The molecule has 0 amide bonds. The van der Waals surface area contributed by atoms with E-state index in [-0.39, 0.29) is 0 Å². The molecule has 0 aliphatic rings. The highest BCUT2D eigenvalue weighted by Crippen LogP contribution is 2.10. The van der Waals surface area contributed by atoms with Crippen molar-refractivity contribution < 1.29 is 5.11 Å². The monoisotopic (exact) mass is 252 g/mol. The minimum absolute atomic E-state index is 0.463. The summed E-state index contributed by atoms with van der Waals surface area (Å²) < 4.78 is 0. The van der Waals surface area contributed by atoms with Gasteiger partial charge in [0, 0.05) is 24.8 Å². The topological polar surface area (TPSA) is 61.3 Å². The van der Waals surface area contributed by atoms with Gasteiger partial charge in [-0.2, -0.15) is 0 Å². The summed E-state index contributed by atoms with van der Waals surface area (Å²) in [4.78, 5) is 10.6. The van der Waals surface area contributed by atoms with Gasteiger partial charge in [0.05, 0.1) is 5.60 Å². The van der Waals surface area contributed by atoms with Crippen LogP contribution in [-0.2, 0) is 6.42 Å². The van der Waals surface area contributed by atoms with Crippen LogP contribution in [0.1, 0.15) is 25.4 Å². The molecule has 2 N–H and O–H groups in total. The van der Waals surface area contributed by atoms with Crippen molar-refractivity contribution in [3.63, 3.8) is 0 Å². The SMILES string of the molecule is CCc1cc(NCC(C)(O)CN(C)C)nc(C)n1. The van der Waals surface area contributed by atoms with Gasteiger partial charge < -0.3 is 15.3 Å². The molecule has 0 aliphatic heterocycles. The molecule has 0 bridgehead atoms. The molecular formula is C13H24N4O. The van der Waals surface area contributed by atoms with E-state index in [1.807, 2.05) is 38.9 Å². The van der Waals surface area contributed by atoms with E-state index < -0.39 is 5.60 Å². The third kappa shape index (κ3) is 4.98. The first-order valence-corrected chi connectivity index (χ1v) is 6.28. The van der Waals surface area contributed by atoms with Gasteiger partial charge in [-0.05, 0) is 34.4 Å². The van der Waals surface area contributed by atoms with Crippen LogP contribution in [0.5, 0.6) is 0 Å². The largest absolute Gasteiger partial charge is 0.387 e. The Kier molecular flexibility index (Phi) is 5.04. The van der Waals surface area contributed by atoms with E-state index in [0.717, 1.165) is 23.8 Å². The molecular weight excluding hydrogens is 228 g/mol. The van der Waals surface area contributed by atoms with E-state index >= 15 is 0 Å². The first kappa shape index (κ1) is 14.9. The predicted octanol–water partition coefficient (Wildman–Crippen LogP) is 1.07. The third-order valence-electron chi connectivity index (χ3n) is 2.56. The second-order valence-electron chi connectivity index (χ2n) is 5.23. The minimum Gasteiger partial charge on any atom is -0.387 e. The number of aromatic nitrogens is 2. The Bertz CT molecular complexity index is 391. The fourth-order valence-electron chi connectivity index (χ4n) is 1.92. The van der Waals surface area contributed by atoms with Crippen LogP contribution < -0.4 is 5.32 Å². The summed E-state index contributed by atoms with van der Waals surface area (Å²) in [5, 5.41) is 13.4. The van der Waals surface area contributed by atoms with Crippen LogP contribution in [0.4, 0.5) is 5.82 Å². The molecule has 102 valence electrons. The van der Waals surface area contributed by atoms with E-state index in [2.05, 4.69) is 22.2 Å². The van der Waals surface area contributed by atoms with Crippen LogP contribution in [0.25, 0.3) is 0 Å². The number of aryl methyl sites for hydroxylation is 2. The van der Waals surface area contributed by atoms with E-state index in [4.69, 9.17) is 0 Å². The standard InChI is InChI=1S/C13H24N4O/c1-6-11-7-12(16-10(2)15-11)14-8-13(3,18)9-17(4)5/h7,18H,6,8-9H2,1-5H3,(H,14,15,16). The average molecular weight is 252 g/mol. The maximum absolute atomic E-state index is 10.2. The molecule has 1 atom stereocenters. The minimum atomic E-state index is -0.783. The molecule has 0 aromatic carbocycles. The average Bonchev–Trinajstić information content (AvgIpc) is 2.24. The van der Waals surface area contributed by atoms with Crippen LogP contribution >= 0.6 is 0 Å². The number of hydrogen-bond acceptors (Lipinski definition) is 5. The zero-order valence-corrected chi connectivity index (χ0v) is 12.0. The number of aliphatic hydroxyl groups is 1. The van der Waals surface area contributed by atoms with Crippen molar-refractivity contribution in [1.29, 1.82) is 0 Å². The lowest BCUT2D eigenvalue weighted by atomic mass is 10.1. The predicted molar refractivity (Wildman–Crippen MR) is 73.8 cm³/mol. The smallest absolute Gasteiger partial charge is 0.130 e. The Morgan fingerprint density at radius 1 is 1.39 bits per heavy atom. The Morgan fingerprint density at radius 2 is 2.06 bits per heavy atom. The van der Waals surface area contributed by atoms with Gasteiger partial charge in [0.2, 0.25) is 0 Å². The number of nitrogens with zero attached hydrogens (tertiary/aromatic N) is 3. The van der Waals surface area contributed by atoms with Crippen LogP contribution in [-0.4, -0.2) is 52.8 Å². The molecule has 0 spiro atoms. The van der Waals surface area contributed by atoms with Gasteiger partial charge in [0.25, 0.3) is 0 Å². The lowest BCUT2D eigenvalue weighted by Crippen LogP contribution is -2.43. The summed E-state index contributed by atoms with van der Waals surface area (Å²) in [5.74, 6) is 1.53. The van der Waals surface area contributed by atoms with Crippen molar-refractivity contribution in [1.82, 2.24) is 14.9 Å². The fourth-order valence-corrected chi connectivity index (χ4v) is 1.92. The van der Waals surface area contributed by atoms with E-state index in [9.17, 15) is 5.11 Å². The quantitative estimate of drug-likeness (QED) is 0.793. The summed E-state index contributed by atoms with van der Waals surface area (Å²) in [5.41, 5.74) is 0.228. The molecule has 0 saturated heterocycles. The molecule has 0 aliphatic carbocycles. The summed E-state index contributed by atoms with van der Waals surface area (Å²) in [6.45, 7) is 6.82. The molecule has 5 heteroatoms. The summed E-state index contributed by atoms with van der Waals surface area (Å²) in [7, 11) is 3.89. The zero-order valence-electron chi connectivity index (χ0n) is 12.0. The highest BCUT2D eigenvalue weighted by Gasteiger charge is 2.21. The molecule has 1 aromatic heterocycles. The van der Waals surface area contributed by atoms with Gasteiger partial charge in [0.15, 0.2) is 0 Å². The first-order chi connectivity index (χ1) is 8.32. The lowest BCUT2D eigenvalue weighted by molar-refractivity contribution is 0.0459. The Hall–Kier alpha value is -1.20. The van der Waals surface area contributed by atoms with Crippen molar-refractivity contribution in [3.8, 4) is 0 Å². The second-order valence-corrected chi connectivity index (χ2v) is 5.23. The van der Waals surface area contributed by atoms with Crippen LogP contribution in [0.2, 0.25) is 0 Å². The second kappa shape index (κ2) is 6.11. The summed E-state index contributed by atoms with van der Waals surface area (Å²) in [6, 6.07) is 1.93. The van der Waals surface area contributed by atoms with Crippen LogP contribution in [0.3, 0.4) is 0 Å². The highest BCUT2D eigenvalue weighted by molar-refractivity contribution is 5.36. The van der Waals surface area contributed by atoms with Crippen LogP contribution in [0, 0.1) is 6.92 Å². The van der Waals surface area contributed by atoms with Gasteiger partial charge >= 0.3 is 0 Å². The fraction of sp³-hybridized carbons (Fsp3) is 0.692. The molecule has 0 saturated carbocycles. The number of anilines is 1. The Morgan fingerprint density at radius 3 is 2.61 bits per heavy atom. The van der Waals surface area contributed by atoms with Gasteiger partial charge in [-0.3, -0.25) is 0 Å². The van der Waals surface area contributed by atoms with Gasteiger partial charge in [0.1, 0.15) is 11.6 Å². The first-order valence-electron chi connectivity index (χ1n) is 6.28. The Balaban J connectivity index is 2.65. The molecule has 1 heterocycles. The van der Waals surface area contributed by atoms with Crippen molar-refractivity contribution >= 4 is 5.82 Å². The number of likely N-dealkylation sites (N-methyl/N-ethyl adjacent to an activating group) is 1. The van der Waals surface area contributed by atoms with Gasteiger partial charge in [-0.25, -0.2) is 9.97 Å². The maximum Gasteiger partial charge on any atom is 0.130 e.